The van der Waals surface area contributed by atoms with Crippen molar-refractivity contribution in [2.24, 2.45) is 0 Å². The Balaban J connectivity index is 1.30. The van der Waals surface area contributed by atoms with Crippen LogP contribution in [0.2, 0.25) is 0 Å². The third kappa shape index (κ3) is 4.53. The second kappa shape index (κ2) is 11.7. The van der Waals surface area contributed by atoms with Crippen LogP contribution < -0.4 is 10.4 Å². The summed E-state index contributed by atoms with van der Waals surface area (Å²) in [6, 6.07) is 62.5. The fraction of sp³-hybridized carbons (Fsp3) is 0.0400. The lowest BCUT2D eigenvalue weighted by molar-refractivity contribution is 1.12. The molecule has 0 amide bonds. The van der Waals surface area contributed by atoms with E-state index in [4.69, 9.17) is 0 Å². The maximum Gasteiger partial charge on any atom is -0.000753 e. The highest BCUT2D eigenvalue weighted by Gasteiger charge is 2.30. The Hall–Kier alpha value is -6.24. The number of hydrogen-bond acceptors (Lipinski definition) is 0. The number of benzene rings is 8. The zero-order chi connectivity index (χ0) is 33.0. The highest BCUT2D eigenvalue weighted by Crippen LogP contribution is 2.54. The average molecular weight is 635 g/mol. The molecule has 0 atom stereocenters. The maximum absolute atomic E-state index is 2.49. The Kier molecular flexibility index (Phi) is 6.74. The van der Waals surface area contributed by atoms with Gasteiger partial charge >= 0.3 is 0 Å². The van der Waals surface area contributed by atoms with Gasteiger partial charge in [-0.3, -0.25) is 0 Å². The van der Waals surface area contributed by atoms with Crippen molar-refractivity contribution in [1.29, 1.82) is 0 Å². The van der Waals surface area contributed by atoms with Crippen molar-refractivity contribution in [1.82, 2.24) is 0 Å². The van der Waals surface area contributed by atoms with E-state index in [1.807, 2.05) is 0 Å². The molecule has 0 unspecified atom stereocenters. The first kappa shape index (κ1) is 28.7. The largest absolute Gasteiger partial charge is 0.0757 e. The van der Waals surface area contributed by atoms with Crippen molar-refractivity contribution in [3.05, 3.63) is 180 Å². The topological polar surface area (TPSA) is 0 Å². The maximum atomic E-state index is 2.49. The summed E-state index contributed by atoms with van der Waals surface area (Å²) in [6.07, 6.45) is 7.09. The van der Waals surface area contributed by atoms with Gasteiger partial charge in [-0.1, -0.05) is 164 Å². The van der Waals surface area contributed by atoms with Gasteiger partial charge < -0.3 is 0 Å². The quantitative estimate of drug-likeness (QED) is 0.177. The van der Waals surface area contributed by atoms with Crippen LogP contribution in [0.3, 0.4) is 0 Å². The Morgan fingerprint density at radius 1 is 0.280 bits per heavy atom. The monoisotopic (exact) mass is 634 g/mol. The van der Waals surface area contributed by atoms with Crippen molar-refractivity contribution < 1.29 is 0 Å². The van der Waals surface area contributed by atoms with Gasteiger partial charge in [0.25, 0.3) is 0 Å². The van der Waals surface area contributed by atoms with E-state index in [1.54, 1.807) is 0 Å². The predicted molar refractivity (Wildman–Crippen MR) is 213 cm³/mol. The summed E-state index contributed by atoms with van der Waals surface area (Å²) in [7, 11) is 0. The van der Waals surface area contributed by atoms with Crippen LogP contribution in [0.1, 0.15) is 12.8 Å². The molecule has 0 nitrogen and oxygen atoms in total. The lowest BCUT2D eigenvalue weighted by Crippen LogP contribution is -2.32. The highest BCUT2D eigenvalue weighted by atomic mass is 14.3. The van der Waals surface area contributed by atoms with E-state index in [-0.39, 0.29) is 0 Å². The molecule has 234 valence electrons. The molecule has 8 aromatic carbocycles. The molecule has 0 spiro atoms. The Labute approximate surface area is 293 Å². The van der Waals surface area contributed by atoms with Crippen LogP contribution in [0.15, 0.2) is 170 Å². The van der Waals surface area contributed by atoms with E-state index in [1.165, 1.54) is 99.1 Å². The van der Waals surface area contributed by atoms with Crippen LogP contribution in [-0.2, 0) is 0 Å². The van der Waals surface area contributed by atoms with Crippen molar-refractivity contribution >= 4 is 22.9 Å². The molecule has 2 aliphatic rings. The molecule has 0 aromatic heterocycles. The Morgan fingerprint density at radius 3 is 1.20 bits per heavy atom. The van der Waals surface area contributed by atoms with Gasteiger partial charge in [-0.25, -0.2) is 0 Å². The van der Waals surface area contributed by atoms with E-state index < -0.39 is 0 Å². The Bertz CT molecular complexity index is 2550. The minimum absolute atomic E-state index is 1.06. The zero-order valence-corrected chi connectivity index (χ0v) is 27.7. The second-order valence-electron chi connectivity index (χ2n) is 13.5. The molecule has 2 aliphatic carbocycles. The molecule has 0 heterocycles. The summed E-state index contributed by atoms with van der Waals surface area (Å²) in [5, 5.41) is 5.38. The summed E-state index contributed by atoms with van der Waals surface area (Å²) >= 11 is 0. The second-order valence-corrected chi connectivity index (χ2v) is 13.5. The smallest absolute Gasteiger partial charge is 0.000753 e. The number of rotatable bonds is 5. The molecule has 0 saturated carbocycles. The molecular formula is C50H34. The van der Waals surface area contributed by atoms with E-state index in [0.717, 1.165) is 12.8 Å². The minimum atomic E-state index is 1.06. The highest BCUT2D eigenvalue weighted by molar-refractivity contribution is 6.23. The van der Waals surface area contributed by atoms with Crippen LogP contribution in [0.25, 0.3) is 101 Å². The molecule has 10 rings (SSSR count). The number of hydrogen-bond donors (Lipinski definition) is 0. The van der Waals surface area contributed by atoms with Crippen LogP contribution in [0, 0.1) is 0 Å². The van der Waals surface area contributed by atoms with Crippen molar-refractivity contribution in [3.63, 3.8) is 0 Å². The molecule has 0 aliphatic heterocycles. The van der Waals surface area contributed by atoms with Crippen LogP contribution in [0.5, 0.6) is 0 Å². The van der Waals surface area contributed by atoms with Gasteiger partial charge in [0.05, 0.1) is 0 Å². The molecule has 0 N–H and O–H groups in total. The molecule has 0 saturated heterocycles. The minimum Gasteiger partial charge on any atom is -0.0757 e. The molecule has 0 bridgehead atoms. The average Bonchev–Trinajstić information content (AvgIpc) is 3.53. The Morgan fingerprint density at radius 2 is 0.700 bits per heavy atom. The fourth-order valence-electron chi connectivity index (χ4n) is 8.47. The lowest BCUT2D eigenvalue weighted by Gasteiger charge is -2.20. The lowest BCUT2D eigenvalue weighted by atomic mass is 9.83. The van der Waals surface area contributed by atoms with Gasteiger partial charge in [0.15, 0.2) is 0 Å². The summed E-state index contributed by atoms with van der Waals surface area (Å²) in [5.41, 5.74) is 18.0. The summed E-state index contributed by atoms with van der Waals surface area (Å²) in [5.74, 6) is 0. The molecule has 0 fully saturated rings. The van der Waals surface area contributed by atoms with Crippen LogP contribution >= 0.6 is 0 Å². The third-order valence-electron chi connectivity index (χ3n) is 10.6. The van der Waals surface area contributed by atoms with Crippen LogP contribution in [0.4, 0.5) is 0 Å². The summed E-state index contributed by atoms with van der Waals surface area (Å²) < 4.78 is 0. The molecule has 0 heteroatoms. The van der Waals surface area contributed by atoms with Crippen molar-refractivity contribution in [2.45, 2.75) is 12.8 Å². The third-order valence-corrected chi connectivity index (χ3v) is 10.6. The van der Waals surface area contributed by atoms with E-state index in [0.29, 0.717) is 0 Å². The predicted octanol–water partition coefficient (Wildman–Crippen LogP) is 12.2. The first-order valence-electron chi connectivity index (χ1n) is 17.7. The van der Waals surface area contributed by atoms with E-state index >= 15 is 0 Å². The standard InChI is InChI=1S/C50H34/c1-5-16-33(17-6-1)37-30-38(34-18-7-2-8-19-34)32-39(31-37)40-28-29-45-48-41(40)26-15-27-44(48)49-46(35-20-9-3-10-21-35)42-24-13-14-25-43(42)47(50(45)49)36-22-11-4-12-23-36/h1-12,15-32H,13-14H2. The normalized spacial score (nSPS) is 12.6. The number of fused-ring (bicyclic) bond motifs is 4. The van der Waals surface area contributed by atoms with Gasteiger partial charge in [0.1, 0.15) is 0 Å². The zero-order valence-electron chi connectivity index (χ0n) is 27.7. The summed E-state index contributed by atoms with van der Waals surface area (Å²) in [4.78, 5) is 0. The van der Waals surface area contributed by atoms with Gasteiger partial charge in [0.2, 0.25) is 0 Å². The van der Waals surface area contributed by atoms with Gasteiger partial charge in [-0.2, -0.15) is 0 Å². The first-order chi connectivity index (χ1) is 24.8. The van der Waals surface area contributed by atoms with Crippen molar-refractivity contribution in [3.8, 4) is 77.9 Å². The SMILES string of the molecule is C1=c2c(-c3ccccc3)c3c(c(-c4ccccc4)c2=CCC1)-c1ccc(-c2cc(-c4ccccc4)cc(-c4ccccc4)c2)c2cccc-3c12. The van der Waals surface area contributed by atoms with Crippen molar-refractivity contribution in [2.75, 3.05) is 0 Å². The first-order valence-corrected chi connectivity index (χ1v) is 17.7. The molecule has 0 radical (unpaired) electrons. The van der Waals surface area contributed by atoms with E-state index in [9.17, 15) is 0 Å². The van der Waals surface area contributed by atoms with E-state index in [2.05, 4.69) is 182 Å². The van der Waals surface area contributed by atoms with Gasteiger partial charge in [-0.15, -0.1) is 0 Å². The molecule has 8 aromatic rings. The summed E-state index contributed by atoms with van der Waals surface area (Å²) in [6.45, 7) is 0. The van der Waals surface area contributed by atoms with Gasteiger partial charge in [0, 0.05) is 0 Å². The molecular weight excluding hydrogens is 601 g/mol. The van der Waals surface area contributed by atoms with Crippen LogP contribution in [-0.4, -0.2) is 0 Å². The fourth-order valence-corrected chi connectivity index (χ4v) is 8.47. The molecule has 50 heavy (non-hydrogen) atoms. The van der Waals surface area contributed by atoms with Gasteiger partial charge in [-0.05, 0) is 130 Å².